The number of hydrogen-bond acceptors (Lipinski definition) is 2. The van der Waals surface area contributed by atoms with Crippen LogP contribution in [-0.4, -0.2) is 26.8 Å². The Balaban J connectivity index is 2.58. The number of hydrogen-bond donors (Lipinski definition) is 1. The third kappa shape index (κ3) is 7.36. The first kappa shape index (κ1) is 17.6. The number of halogens is 2. The van der Waals surface area contributed by atoms with Gasteiger partial charge in [0.1, 0.15) is 5.82 Å². The first-order chi connectivity index (χ1) is 9.51. The van der Waals surface area contributed by atoms with Crippen LogP contribution in [-0.2, 0) is 11.2 Å². The Morgan fingerprint density at radius 1 is 1.30 bits per heavy atom. The van der Waals surface area contributed by atoms with Crippen molar-refractivity contribution < 1.29 is 9.13 Å². The second kappa shape index (κ2) is 9.48. The molecule has 0 aliphatic carbocycles. The van der Waals surface area contributed by atoms with Crippen molar-refractivity contribution in [3.63, 3.8) is 0 Å². The molecule has 0 aliphatic rings. The normalized spacial score (nSPS) is 12.9. The van der Waals surface area contributed by atoms with Gasteiger partial charge in [0.05, 0.1) is 6.61 Å². The topological polar surface area (TPSA) is 21.3 Å². The third-order valence-corrected chi connectivity index (χ3v) is 3.63. The molecule has 4 heteroatoms. The summed E-state index contributed by atoms with van der Waals surface area (Å²) in [6, 6.07) is 5.14. The van der Waals surface area contributed by atoms with Gasteiger partial charge >= 0.3 is 0 Å². The number of methoxy groups -OCH3 is 1. The fraction of sp³-hybridized carbons (Fsp3) is 0.625. The van der Waals surface area contributed by atoms with Crippen LogP contribution in [0.2, 0.25) is 0 Å². The van der Waals surface area contributed by atoms with E-state index in [-0.39, 0.29) is 5.82 Å². The van der Waals surface area contributed by atoms with Crippen LogP contribution in [0.25, 0.3) is 0 Å². The summed E-state index contributed by atoms with van der Waals surface area (Å²) >= 11 is 3.35. The van der Waals surface area contributed by atoms with E-state index in [9.17, 15) is 4.39 Å². The van der Waals surface area contributed by atoms with Crippen LogP contribution in [0.3, 0.4) is 0 Å². The van der Waals surface area contributed by atoms with Gasteiger partial charge in [-0.1, -0.05) is 29.8 Å². The van der Waals surface area contributed by atoms with Gasteiger partial charge in [0.25, 0.3) is 0 Å². The van der Waals surface area contributed by atoms with Crippen molar-refractivity contribution >= 4 is 15.9 Å². The molecule has 1 unspecified atom stereocenters. The molecule has 0 aromatic heterocycles. The van der Waals surface area contributed by atoms with E-state index in [0.29, 0.717) is 11.8 Å². The number of nitrogens with one attached hydrogen (secondary N) is 1. The van der Waals surface area contributed by atoms with Crippen molar-refractivity contribution in [1.82, 2.24) is 5.32 Å². The third-order valence-electron chi connectivity index (χ3n) is 3.17. The zero-order valence-corrected chi connectivity index (χ0v) is 14.2. The van der Waals surface area contributed by atoms with Gasteiger partial charge in [0.15, 0.2) is 0 Å². The highest BCUT2D eigenvalue weighted by Crippen LogP contribution is 2.21. The molecule has 0 fully saturated rings. The molecular formula is C16H25BrFNO. The molecular weight excluding hydrogens is 321 g/mol. The Kier molecular flexibility index (Phi) is 8.34. The molecule has 0 heterocycles. The van der Waals surface area contributed by atoms with Gasteiger partial charge in [0, 0.05) is 18.1 Å². The van der Waals surface area contributed by atoms with Crippen molar-refractivity contribution in [1.29, 1.82) is 0 Å². The highest BCUT2D eigenvalue weighted by Gasteiger charge is 2.12. The molecule has 1 aromatic rings. The van der Waals surface area contributed by atoms with Crippen LogP contribution in [0, 0.1) is 17.7 Å². The first-order valence-electron chi connectivity index (χ1n) is 7.16. The highest BCUT2D eigenvalue weighted by molar-refractivity contribution is 9.10. The lowest BCUT2D eigenvalue weighted by Gasteiger charge is -2.20. The zero-order valence-electron chi connectivity index (χ0n) is 12.6. The van der Waals surface area contributed by atoms with E-state index in [1.807, 2.05) is 6.07 Å². The summed E-state index contributed by atoms with van der Waals surface area (Å²) in [6.45, 7) is 6.97. The fourth-order valence-corrected chi connectivity index (χ4v) is 2.96. The quantitative estimate of drug-likeness (QED) is 0.682. The lowest BCUT2D eigenvalue weighted by Crippen LogP contribution is -2.28. The summed E-state index contributed by atoms with van der Waals surface area (Å²) < 4.78 is 19.3. The Morgan fingerprint density at radius 3 is 2.65 bits per heavy atom. The number of benzene rings is 1. The van der Waals surface area contributed by atoms with Crippen LogP contribution in [0.15, 0.2) is 22.7 Å². The van der Waals surface area contributed by atoms with Crippen molar-refractivity contribution in [2.75, 3.05) is 26.8 Å². The molecule has 0 spiro atoms. The minimum atomic E-state index is -0.176. The minimum Gasteiger partial charge on any atom is -0.383 e. The molecule has 0 amide bonds. The van der Waals surface area contributed by atoms with Gasteiger partial charge < -0.3 is 10.1 Å². The zero-order chi connectivity index (χ0) is 15.0. The smallest absolute Gasteiger partial charge is 0.124 e. The Labute approximate surface area is 130 Å². The van der Waals surface area contributed by atoms with Crippen LogP contribution in [0.5, 0.6) is 0 Å². The molecule has 20 heavy (non-hydrogen) atoms. The Morgan fingerprint density at radius 2 is 2.05 bits per heavy atom. The summed E-state index contributed by atoms with van der Waals surface area (Å²) in [6.07, 6.45) is 2.03. The molecule has 0 saturated carbocycles. The molecule has 2 nitrogen and oxygen atoms in total. The molecule has 1 rings (SSSR count). The summed E-state index contributed by atoms with van der Waals surface area (Å²) in [5.41, 5.74) is 1.05. The van der Waals surface area contributed by atoms with E-state index in [1.54, 1.807) is 13.2 Å². The molecule has 0 aliphatic heterocycles. The second-order valence-electron chi connectivity index (χ2n) is 5.67. The van der Waals surface area contributed by atoms with E-state index >= 15 is 0 Å². The Hall–Kier alpha value is -0.450. The molecule has 114 valence electrons. The minimum absolute atomic E-state index is 0.176. The number of ether oxygens (including phenoxy) is 1. The summed E-state index contributed by atoms with van der Waals surface area (Å²) in [7, 11) is 1.71. The van der Waals surface area contributed by atoms with Crippen LogP contribution in [0.4, 0.5) is 4.39 Å². The van der Waals surface area contributed by atoms with Gasteiger partial charge in [-0.3, -0.25) is 0 Å². The van der Waals surface area contributed by atoms with Crippen molar-refractivity contribution in [2.24, 2.45) is 11.8 Å². The van der Waals surface area contributed by atoms with Gasteiger partial charge in [-0.25, -0.2) is 4.39 Å². The van der Waals surface area contributed by atoms with Crippen molar-refractivity contribution in [3.8, 4) is 0 Å². The lowest BCUT2D eigenvalue weighted by atomic mass is 9.91. The van der Waals surface area contributed by atoms with Crippen molar-refractivity contribution in [3.05, 3.63) is 34.1 Å². The van der Waals surface area contributed by atoms with E-state index < -0.39 is 0 Å². The number of rotatable bonds is 9. The molecule has 1 N–H and O–H groups in total. The lowest BCUT2D eigenvalue weighted by molar-refractivity contribution is 0.197. The Bertz CT molecular complexity index is 378. The molecule has 1 atom stereocenters. The fourth-order valence-electron chi connectivity index (χ4n) is 2.45. The molecule has 0 saturated heterocycles. The van der Waals surface area contributed by atoms with Gasteiger partial charge in [-0.2, -0.15) is 0 Å². The SMILES string of the molecule is COCCNCC(Cc1cc(F)cc(Br)c1)CC(C)C. The maximum Gasteiger partial charge on any atom is 0.124 e. The highest BCUT2D eigenvalue weighted by atomic mass is 79.9. The van der Waals surface area contributed by atoms with Crippen LogP contribution < -0.4 is 5.32 Å². The maximum atomic E-state index is 13.4. The monoisotopic (exact) mass is 345 g/mol. The van der Waals surface area contributed by atoms with Crippen LogP contribution in [0.1, 0.15) is 25.8 Å². The standard InChI is InChI=1S/C16H25BrFNO/c1-12(2)6-14(11-19-4-5-20-3)7-13-8-15(17)10-16(18)9-13/h8-10,12,14,19H,4-7,11H2,1-3H3. The van der Waals surface area contributed by atoms with E-state index in [0.717, 1.165) is 42.6 Å². The van der Waals surface area contributed by atoms with Gasteiger partial charge in [0.2, 0.25) is 0 Å². The summed E-state index contributed by atoms with van der Waals surface area (Å²) in [4.78, 5) is 0. The van der Waals surface area contributed by atoms with Crippen LogP contribution >= 0.6 is 15.9 Å². The van der Waals surface area contributed by atoms with Gasteiger partial charge in [-0.15, -0.1) is 0 Å². The van der Waals surface area contributed by atoms with Crippen molar-refractivity contribution in [2.45, 2.75) is 26.7 Å². The second-order valence-corrected chi connectivity index (χ2v) is 6.59. The molecule has 1 aromatic carbocycles. The summed E-state index contributed by atoms with van der Waals surface area (Å²) in [5.74, 6) is 0.979. The van der Waals surface area contributed by atoms with E-state index in [4.69, 9.17) is 4.74 Å². The average molecular weight is 346 g/mol. The average Bonchev–Trinajstić information content (AvgIpc) is 2.32. The van der Waals surface area contributed by atoms with E-state index in [1.165, 1.54) is 6.07 Å². The first-order valence-corrected chi connectivity index (χ1v) is 7.95. The predicted octanol–water partition coefficient (Wildman–Crippen LogP) is 4.03. The molecule has 0 radical (unpaired) electrons. The summed E-state index contributed by atoms with van der Waals surface area (Å²) in [5, 5.41) is 3.41. The predicted molar refractivity (Wildman–Crippen MR) is 85.5 cm³/mol. The van der Waals surface area contributed by atoms with E-state index in [2.05, 4.69) is 35.1 Å². The molecule has 0 bridgehead atoms. The van der Waals surface area contributed by atoms with Gasteiger partial charge in [-0.05, 0) is 55.0 Å². The largest absolute Gasteiger partial charge is 0.383 e. The maximum absolute atomic E-state index is 13.4.